The van der Waals surface area contributed by atoms with Gasteiger partial charge in [0.15, 0.2) is 0 Å². The van der Waals surface area contributed by atoms with Crippen molar-refractivity contribution in [2.45, 2.75) is 39.0 Å². The van der Waals surface area contributed by atoms with E-state index in [1.807, 2.05) is 13.0 Å². The zero-order valence-corrected chi connectivity index (χ0v) is 15.9. The summed E-state index contributed by atoms with van der Waals surface area (Å²) in [6.45, 7) is 2.56. The monoisotopic (exact) mass is 373 g/mol. The van der Waals surface area contributed by atoms with E-state index in [2.05, 4.69) is 5.32 Å². The van der Waals surface area contributed by atoms with E-state index in [0.29, 0.717) is 28.5 Å². The first-order chi connectivity index (χ1) is 12.7. The summed E-state index contributed by atoms with van der Waals surface area (Å²) in [5.41, 5.74) is 1.99. The second kappa shape index (κ2) is 8.36. The van der Waals surface area contributed by atoms with Gasteiger partial charge in [0.25, 0.3) is 5.91 Å². The summed E-state index contributed by atoms with van der Waals surface area (Å²) in [5.74, 6) is -0.122. The topological polar surface area (TPSA) is 64.6 Å². The van der Waals surface area contributed by atoms with Crippen LogP contribution in [0.4, 0.5) is 5.00 Å². The maximum absolute atomic E-state index is 12.8. The Balaban J connectivity index is 1.91. The van der Waals surface area contributed by atoms with Crippen LogP contribution in [0, 0.1) is 0 Å². The predicted molar refractivity (Wildman–Crippen MR) is 102 cm³/mol. The summed E-state index contributed by atoms with van der Waals surface area (Å²) in [5, 5.41) is 3.48. The number of hydrogen-bond donors (Lipinski definition) is 1. The summed E-state index contributed by atoms with van der Waals surface area (Å²) in [6, 6.07) is 7.15. The fourth-order valence-electron chi connectivity index (χ4n) is 3.13. The molecular formula is C20H23NO4S. The molecule has 0 bridgehead atoms. The molecule has 6 heteroatoms. The van der Waals surface area contributed by atoms with E-state index < -0.39 is 5.97 Å². The SMILES string of the molecule is CCCOc1ccccc1C(=O)Nc1sc2c(c1C(=O)OC)CCCC2. The van der Waals surface area contributed by atoms with Crippen molar-refractivity contribution in [3.8, 4) is 5.75 Å². The van der Waals surface area contributed by atoms with Crippen molar-refractivity contribution in [1.29, 1.82) is 0 Å². The Kier molecular flexibility index (Phi) is 5.93. The lowest BCUT2D eigenvalue weighted by atomic mass is 9.95. The first kappa shape index (κ1) is 18.5. The summed E-state index contributed by atoms with van der Waals surface area (Å²) >= 11 is 1.48. The number of rotatable bonds is 6. The molecule has 138 valence electrons. The number of nitrogens with one attached hydrogen (secondary N) is 1. The second-order valence-electron chi connectivity index (χ2n) is 6.21. The zero-order chi connectivity index (χ0) is 18.5. The third-order valence-corrected chi connectivity index (χ3v) is 5.59. The van der Waals surface area contributed by atoms with Gasteiger partial charge in [0, 0.05) is 4.88 Å². The van der Waals surface area contributed by atoms with Gasteiger partial charge in [0.2, 0.25) is 0 Å². The molecule has 1 N–H and O–H groups in total. The predicted octanol–water partition coefficient (Wildman–Crippen LogP) is 4.45. The average Bonchev–Trinajstić information content (AvgIpc) is 3.03. The average molecular weight is 373 g/mol. The highest BCUT2D eigenvalue weighted by Gasteiger charge is 2.27. The summed E-state index contributed by atoms with van der Waals surface area (Å²) < 4.78 is 10.6. The Labute approximate surface area is 157 Å². The third kappa shape index (κ3) is 3.75. The Bertz CT molecular complexity index is 812. The zero-order valence-electron chi connectivity index (χ0n) is 15.1. The minimum Gasteiger partial charge on any atom is -0.493 e. The van der Waals surface area contributed by atoms with Gasteiger partial charge in [-0.2, -0.15) is 0 Å². The number of para-hydroxylation sites is 1. The molecule has 0 aliphatic heterocycles. The lowest BCUT2D eigenvalue weighted by Crippen LogP contribution is -2.16. The number of methoxy groups -OCH3 is 1. The molecule has 0 unspecified atom stereocenters. The molecule has 1 amide bonds. The summed E-state index contributed by atoms with van der Waals surface area (Å²) in [7, 11) is 1.37. The molecule has 2 aromatic rings. The van der Waals surface area contributed by atoms with Crippen molar-refractivity contribution in [2.75, 3.05) is 19.0 Å². The van der Waals surface area contributed by atoms with E-state index >= 15 is 0 Å². The Morgan fingerprint density at radius 2 is 1.96 bits per heavy atom. The van der Waals surface area contributed by atoms with Crippen LogP contribution in [0.1, 0.15) is 57.3 Å². The van der Waals surface area contributed by atoms with Gasteiger partial charge in [-0.15, -0.1) is 11.3 Å². The molecule has 1 heterocycles. The van der Waals surface area contributed by atoms with Gasteiger partial charge in [0.1, 0.15) is 10.8 Å². The van der Waals surface area contributed by atoms with Crippen molar-refractivity contribution in [2.24, 2.45) is 0 Å². The van der Waals surface area contributed by atoms with Gasteiger partial charge < -0.3 is 14.8 Å². The third-order valence-electron chi connectivity index (χ3n) is 4.38. The largest absolute Gasteiger partial charge is 0.493 e. The second-order valence-corrected chi connectivity index (χ2v) is 7.31. The number of carbonyl (C=O) groups excluding carboxylic acids is 2. The fourth-order valence-corrected chi connectivity index (χ4v) is 4.41. The smallest absolute Gasteiger partial charge is 0.341 e. The Hall–Kier alpha value is -2.34. The van der Waals surface area contributed by atoms with Crippen molar-refractivity contribution < 1.29 is 19.1 Å². The molecule has 1 aromatic heterocycles. The van der Waals surface area contributed by atoms with Crippen LogP contribution in [0.5, 0.6) is 5.75 Å². The molecule has 1 aromatic carbocycles. The van der Waals surface area contributed by atoms with Gasteiger partial charge in [-0.1, -0.05) is 19.1 Å². The van der Waals surface area contributed by atoms with Crippen LogP contribution in [0.15, 0.2) is 24.3 Å². The highest BCUT2D eigenvalue weighted by molar-refractivity contribution is 7.17. The Morgan fingerprint density at radius 1 is 1.19 bits per heavy atom. The minimum absolute atomic E-state index is 0.277. The number of fused-ring (bicyclic) bond motifs is 1. The number of hydrogen-bond acceptors (Lipinski definition) is 5. The van der Waals surface area contributed by atoms with E-state index in [0.717, 1.165) is 37.7 Å². The van der Waals surface area contributed by atoms with Crippen LogP contribution in [0.3, 0.4) is 0 Å². The number of esters is 1. The molecule has 0 spiro atoms. The van der Waals surface area contributed by atoms with Crippen LogP contribution in [0.25, 0.3) is 0 Å². The van der Waals surface area contributed by atoms with Crippen molar-refractivity contribution >= 4 is 28.2 Å². The lowest BCUT2D eigenvalue weighted by molar-refractivity contribution is 0.0601. The van der Waals surface area contributed by atoms with Crippen molar-refractivity contribution in [3.05, 3.63) is 45.8 Å². The molecule has 0 atom stereocenters. The number of benzene rings is 1. The number of ether oxygens (including phenoxy) is 2. The van der Waals surface area contributed by atoms with Crippen LogP contribution >= 0.6 is 11.3 Å². The standard InChI is InChI=1S/C20H23NO4S/c1-3-12-25-15-10-6-4-8-13(15)18(22)21-19-17(20(23)24-2)14-9-5-7-11-16(14)26-19/h4,6,8,10H,3,5,7,9,11-12H2,1-2H3,(H,21,22). The first-order valence-corrected chi connectivity index (χ1v) is 9.73. The number of amides is 1. The maximum atomic E-state index is 12.8. The van der Waals surface area contributed by atoms with Gasteiger partial charge >= 0.3 is 5.97 Å². The van der Waals surface area contributed by atoms with Gasteiger partial charge in [-0.05, 0) is 49.8 Å². The Morgan fingerprint density at radius 3 is 2.73 bits per heavy atom. The number of thiophene rings is 1. The molecular weight excluding hydrogens is 350 g/mol. The van der Waals surface area contributed by atoms with Crippen molar-refractivity contribution in [3.63, 3.8) is 0 Å². The summed E-state index contributed by atoms with van der Waals surface area (Å²) in [6.07, 6.45) is 4.81. The molecule has 1 aliphatic carbocycles. The maximum Gasteiger partial charge on any atom is 0.341 e. The molecule has 26 heavy (non-hydrogen) atoms. The molecule has 3 rings (SSSR count). The van der Waals surface area contributed by atoms with Gasteiger partial charge in [0.05, 0.1) is 24.8 Å². The lowest BCUT2D eigenvalue weighted by Gasteiger charge is -2.12. The van der Waals surface area contributed by atoms with E-state index in [1.54, 1.807) is 18.2 Å². The number of anilines is 1. The fraction of sp³-hybridized carbons (Fsp3) is 0.400. The van der Waals surface area contributed by atoms with Crippen LogP contribution in [-0.4, -0.2) is 25.6 Å². The van der Waals surface area contributed by atoms with Crippen LogP contribution in [0.2, 0.25) is 0 Å². The van der Waals surface area contributed by atoms with E-state index in [1.165, 1.54) is 23.3 Å². The summed E-state index contributed by atoms with van der Waals surface area (Å²) in [4.78, 5) is 26.3. The van der Waals surface area contributed by atoms with Gasteiger partial charge in [-0.25, -0.2) is 4.79 Å². The molecule has 1 aliphatic rings. The number of carbonyl (C=O) groups is 2. The molecule has 0 radical (unpaired) electrons. The van der Waals surface area contributed by atoms with Crippen LogP contribution < -0.4 is 10.1 Å². The van der Waals surface area contributed by atoms with Crippen molar-refractivity contribution in [1.82, 2.24) is 0 Å². The quantitative estimate of drug-likeness (QED) is 0.760. The van der Waals surface area contributed by atoms with E-state index in [9.17, 15) is 9.59 Å². The number of aryl methyl sites for hydroxylation is 1. The van der Waals surface area contributed by atoms with E-state index in [4.69, 9.17) is 9.47 Å². The van der Waals surface area contributed by atoms with E-state index in [-0.39, 0.29) is 5.91 Å². The molecule has 0 saturated carbocycles. The molecule has 0 fully saturated rings. The molecule has 0 saturated heterocycles. The normalized spacial score (nSPS) is 13.0. The first-order valence-electron chi connectivity index (χ1n) is 8.91. The van der Waals surface area contributed by atoms with Gasteiger partial charge in [-0.3, -0.25) is 4.79 Å². The van der Waals surface area contributed by atoms with Crippen LogP contribution in [-0.2, 0) is 17.6 Å². The highest BCUT2D eigenvalue weighted by atomic mass is 32.1. The highest BCUT2D eigenvalue weighted by Crippen LogP contribution is 2.39. The minimum atomic E-state index is -0.393. The molecule has 5 nitrogen and oxygen atoms in total.